The van der Waals surface area contributed by atoms with Gasteiger partial charge in [0.25, 0.3) is 5.91 Å². The van der Waals surface area contributed by atoms with Gasteiger partial charge >= 0.3 is 0 Å². The summed E-state index contributed by atoms with van der Waals surface area (Å²) in [5.74, 6) is -3.65. The quantitative estimate of drug-likeness (QED) is 0.387. The lowest BCUT2D eigenvalue weighted by molar-refractivity contribution is -0.0784. The molecule has 2 aromatic rings. The zero-order valence-electron chi connectivity index (χ0n) is 15.7. The Morgan fingerprint density at radius 3 is 2.59 bits per heavy atom. The van der Waals surface area contributed by atoms with Crippen LogP contribution >= 0.6 is 22.6 Å². The van der Waals surface area contributed by atoms with Crippen molar-refractivity contribution >= 4 is 39.9 Å². The zero-order chi connectivity index (χ0) is 21.2. The number of likely N-dealkylation sites (tertiary alicyclic amines) is 1. The van der Waals surface area contributed by atoms with E-state index in [1.807, 2.05) is 29.5 Å². The Bertz CT molecular complexity index is 920. The number of nitrogens with one attached hydrogen (secondary N) is 2. The molecule has 1 heterocycles. The van der Waals surface area contributed by atoms with Gasteiger partial charge in [-0.2, -0.15) is 0 Å². The van der Waals surface area contributed by atoms with Crippen LogP contribution in [0.15, 0.2) is 30.3 Å². The molecule has 156 valence electrons. The summed E-state index contributed by atoms with van der Waals surface area (Å²) < 4.78 is 43.1. The van der Waals surface area contributed by atoms with Crippen LogP contribution in [0, 0.1) is 21.0 Å². The number of rotatable bonds is 7. The Morgan fingerprint density at radius 1 is 1.21 bits per heavy atom. The number of aliphatic hydroxyl groups is 1. The number of nitrogens with zero attached hydrogens (tertiary/aromatic N) is 1. The monoisotopic (exact) mass is 519 g/mol. The second kappa shape index (κ2) is 8.88. The van der Waals surface area contributed by atoms with Gasteiger partial charge in [0.15, 0.2) is 11.6 Å². The molecule has 1 amide bonds. The number of halogens is 4. The van der Waals surface area contributed by atoms with Crippen molar-refractivity contribution in [2.24, 2.45) is 0 Å². The van der Waals surface area contributed by atoms with E-state index in [1.54, 1.807) is 6.07 Å². The standard InChI is InChI=1S/C20H21F3IN3O2/c1-2-7-25-9-20(29)10-27(11-20)19(28)13-4-5-14(21)17(23)18(13)26-16-6-3-12(24)8-15(16)22/h3-6,8,25-26,29H,2,7,9-11H2,1H3. The third kappa shape index (κ3) is 4.84. The average Bonchev–Trinajstić information content (AvgIpc) is 2.65. The Morgan fingerprint density at radius 2 is 1.93 bits per heavy atom. The Kier molecular flexibility index (Phi) is 6.69. The van der Waals surface area contributed by atoms with Crippen molar-refractivity contribution in [2.75, 3.05) is 31.5 Å². The van der Waals surface area contributed by atoms with E-state index in [1.165, 1.54) is 17.0 Å². The number of benzene rings is 2. The Balaban J connectivity index is 1.81. The van der Waals surface area contributed by atoms with Gasteiger partial charge in [-0.25, -0.2) is 13.2 Å². The highest BCUT2D eigenvalue weighted by Crippen LogP contribution is 2.31. The van der Waals surface area contributed by atoms with E-state index in [9.17, 15) is 23.1 Å². The van der Waals surface area contributed by atoms with E-state index in [2.05, 4.69) is 10.6 Å². The first-order chi connectivity index (χ1) is 13.7. The first kappa shape index (κ1) is 21.8. The van der Waals surface area contributed by atoms with E-state index >= 15 is 0 Å². The fourth-order valence-corrected chi connectivity index (χ4v) is 3.62. The van der Waals surface area contributed by atoms with Gasteiger partial charge in [-0.15, -0.1) is 0 Å². The molecule has 0 aliphatic carbocycles. The summed E-state index contributed by atoms with van der Waals surface area (Å²) in [6.45, 7) is 3.22. The molecule has 0 unspecified atom stereocenters. The van der Waals surface area contributed by atoms with Crippen LogP contribution in [0.4, 0.5) is 24.5 Å². The maximum atomic E-state index is 14.5. The number of anilines is 2. The van der Waals surface area contributed by atoms with E-state index in [0.717, 1.165) is 25.1 Å². The van der Waals surface area contributed by atoms with Gasteiger partial charge in [0.1, 0.15) is 11.4 Å². The molecular formula is C20H21F3IN3O2. The molecule has 5 nitrogen and oxygen atoms in total. The summed E-state index contributed by atoms with van der Waals surface area (Å²) in [4.78, 5) is 14.2. The van der Waals surface area contributed by atoms with Gasteiger partial charge in [-0.05, 0) is 65.9 Å². The van der Waals surface area contributed by atoms with Crippen molar-refractivity contribution in [3.63, 3.8) is 0 Å². The molecule has 3 rings (SSSR count). The maximum Gasteiger partial charge on any atom is 0.256 e. The van der Waals surface area contributed by atoms with Crippen molar-refractivity contribution in [1.29, 1.82) is 0 Å². The number of carbonyl (C=O) groups is 1. The van der Waals surface area contributed by atoms with Crippen molar-refractivity contribution in [3.8, 4) is 0 Å². The van der Waals surface area contributed by atoms with Crippen LogP contribution in [0.25, 0.3) is 0 Å². The highest BCUT2D eigenvalue weighted by Gasteiger charge is 2.44. The van der Waals surface area contributed by atoms with E-state index < -0.39 is 34.6 Å². The molecule has 9 heteroatoms. The Hall–Kier alpha value is -1.85. The van der Waals surface area contributed by atoms with Crippen LogP contribution in [0.3, 0.4) is 0 Å². The number of hydrogen-bond donors (Lipinski definition) is 3. The first-order valence-electron chi connectivity index (χ1n) is 9.16. The fourth-order valence-electron chi connectivity index (χ4n) is 3.16. The summed E-state index contributed by atoms with van der Waals surface area (Å²) in [7, 11) is 0. The van der Waals surface area contributed by atoms with Gasteiger partial charge < -0.3 is 20.6 Å². The zero-order valence-corrected chi connectivity index (χ0v) is 17.9. The van der Waals surface area contributed by atoms with E-state index in [0.29, 0.717) is 10.1 Å². The number of carbonyl (C=O) groups excluding carboxylic acids is 1. The topological polar surface area (TPSA) is 64.6 Å². The van der Waals surface area contributed by atoms with E-state index in [4.69, 9.17) is 0 Å². The fraction of sp³-hybridized carbons (Fsp3) is 0.350. The minimum Gasteiger partial charge on any atom is -0.385 e. The minimum atomic E-state index is -1.27. The van der Waals surface area contributed by atoms with Crippen molar-refractivity contribution in [1.82, 2.24) is 10.2 Å². The molecule has 0 spiro atoms. The predicted octanol–water partition coefficient (Wildman–Crippen LogP) is 3.64. The summed E-state index contributed by atoms with van der Waals surface area (Å²) in [5, 5.41) is 16.0. The highest BCUT2D eigenvalue weighted by atomic mass is 127. The van der Waals surface area contributed by atoms with E-state index in [-0.39, 0.29) is 24.3 Å². The first-order valence-corrected chi connectivity index (χ1v) is 10.2. The molecule has 0 atom stereocenters. The summed E-state index contributed by atoms with van der Waals surface area (Å²) in [6, 6.07) is 6.23. The van der Waals surface area contributed by atoms with Crippen molar-refractivity contribution in [2.45, 2.75) is 18.9 Å². The molecule has 2 aromatic carbocycles. The third-order valence-corrected chi connectivity index (χ3v) is 5.33. The van der Waals surface area contributed by atoms with Gasteiger partial charge in [0.05, 0.1) is 30.0 Å². The molecule has 0 bridgehead atoms. The van der Waals surface area contributed by atoms with Gasteiger partial charge in [0.2, 0.25) is 0 Å². The molecule has 1 aliphatic rings. The molecule has 29 heavy (non-hydrogen) atoms. The predicted molar refractivity (Wildman–Crippen MR) is 113 cm³/mol. The normalized spacial score (nSPS) is 15.2. The van der Waals surface area contributed by atoms with Crippen molar-refractivity contribution in [3.05, 3.63) is 56.9 Å². The van der Waals surface area contributed by atoms with Crippen LogP contribution in [0.1, 0.15) is 23.7 Å². The second-order valence-corrected chi connectivity index (χ2v) is 8.34. The van der Waals surface area contributed by atoms with Gasteiger partial charge in [-0.1, -0.05) is 6.92 Å². The largest absolute Gasteiger partial charge is 0.385 e. The second-order valence-electron chi connectivity index (χ2n) is 7.10. The SMILES string of the molecule is CCCNCC1(O)CN(C(=O)c2ccc(F)c(F)c2Nc2ccc(I)cc2F)C1. The summed E-state index contributed by atoms with van der Waals surface area (Å²) in [5.41, 5.74) is -1.70. The number of β-amino-alcohol motifs (C(OH)–C–C–N with tert-alkyl or cyclic N) is 1. The lowest BCUT2D eigenvalue weighted by atomic mass is 9.92. The summed E-state index contributed by atoms with van der Waals surface area (Å²) >= 11 is 1.93. The third-order valence-electron chi connectivity index (χ3n) is 4.65. The smallest absolute Gasteiger partial charge is 0.256 e. The van der Waals surface area contributed by atoms with Crippen molar-refractivity contribution < 1.29 is 23.1 Å². The molecule has 1 aliphatic heterocycles. The number of hydrogen-bond acceptors (Lipinski definition) is 4. The molecule has 0 radical (unpaired) electrons. The van der Waals surface area contributed by atoms with Crippen LogP contribution in [-0.4, -0.2) is 47.7 Å². The lowest BCUT2D eigenvalue weighted by Crippen LogP contribution is -2.67. The summed E-state index contributed by atoms with van der Waals surface area (Å²) in [6.07, 6.45) is 0.914. The van der Waals surface area contributed by atoms with Crippen LogP contribution < -0.4 is 10.6 Å². The van der Waals surface area contributed by atoms with Crippen LogP contribution in [-0.2, 0) is 0 Å². The van der Waals surface area contributed by atoms with Crippen LogP contribution in [0.2, 0.25) is 0 Å². The number of amides is 1. The molecule has 0 saturated carbocycles. The highest BCUT2D eigenvalue weighted by molar-refractivity contribution is 14.1. The molecule has 3 N–H and O–H groups in total. The van der Waals surface area contributed by atoms with Gasteiger partial charge in [0, 0.05) is 10.1 Å². The molecule has 1 fully saturated rings. The van der Waals surface area contributed by atoms with Crippen LogP contribution in [0.5, 0.6) is 0 Å². The maximum absolute atomic E-state index is 14.5. The molecular weight excluding hydrogens is 498 g/mol. The molecule has 0 aromatic heterocycles. The molecule has 1 saturated heterocycles. The Labute approximate surface area is 180 Å². The van der Waals surface area contributed by atoms with Gasteiger partial charge in [-0.3, -0.25) is 4.79 Å². The minimum absolute atomic E-state index is 0.0683. The lowest BCUT2D eigenvalue weighted by Gasteiger charge is -2.46. The average molecular weight is 519 g/mol.